The molecule has 1 atom stereocenters. The van der Waals surface area contributed by atoms with Gasteiger partial charge in [-0.15, -0.1) is 0 Å². The van der Waals surface area contributed by atoms with Crippen LogP contribution in [-0.2, 0) is 14.3 Å². The minimum atomic E-state index is -0.448. The second kappa shape index (κ2) is 7.76. The number of anilines is 1. The molecule has 124 valence electrons. The zero-order chi connectivity index (χ0) is 16.8. The van der Waals surface area contributed by atoms with Gasteiger partial charge in [0.1, 0.15) is 12.6 Å². The third-order valence-corrected chi connectivity index (χ3v) is 3.40. The number of ether oxygens (including phenoxy) is 1. The van der Waals surface area contributed by atoms with Gasteiger partial charge in [-0.1, -0.05) is 32.0 Å². The summed E-state index contributed by atoms with van der Waals surface area (Å²) in [6.45, 7) is 5.99. The number of esters is 1. The van der Waals surface area contributed by atoms with Crippen LogP contribution in [0.15, 0.2) is 35.3 Å². The number of carbonyl (C=O) groups is 2. The molecule has 0 saturated carbocycles. The molecule has 0 aliphatic carbocycles. The van der Waals surface area contributed by atoms with E-state index in [1.165, 1.54) is 4.90 Å². The molecule has 1 aromatic rings. The van der Waals surface area contributed by atoms with Gasteiger partial charge >= 0.3 is 5.97 Å². The molecule has 1 N–H and O–H groups in total. The number of rotatable bonds is 6. The molecule has 1 aromatic carbocycles. The molecular formula is C17H23N3O3. The molecule has 1 heterocycles. The molecule has 2 rings (SSSR count). The van der Waals surface area contributed by atoms with Gasteiger partial charge in [-0.3, -0.25) is 14.5 Å². The van der Waals surface area contributed by atoms with Crippen molar-refractivity contribution in [3.8, 4) is 0 Å². The van der Waals surface area contributed by atoms with Crippen LogP contribution < -0.4 is 5.32 Å². The molecule has 1 aliphatic heterocycles. The summed E-state index contributed by atoms with van der Waals surface area (Å²) in [5, 5.41) is 3.12. The average molecular weight is 317 g/mol. The number of nitrogens with one attached hydrogen (secondary N) is 1. The largest absolute Gasteiger partial charge is 0.465 e. The number of hydrogen-bond donors (Lipinski definition) is 1. The highest BCUT2D eigenvalue weighted by molar-refractivity contribution is 6.11. The number of amides is 1. The van der Waals surface area contributed by atoms with Crippen molar-refractivity contribution >= 4 is 23.5 Å². The van der Waals surface area contributed by atoms with Crippen molar-refractivity contribution in [1.82, 2.24) is 4.90 Å². The zero-order valence-corrected chi connectivity index (χ0v) is 13.8. The lowest BCUT2D eigenvalue weighted by atomic mass is 10.0. The maximum absolute atomic E-state index is 12.5. The van der Waals surface area contributed by atoms with E-state index in [0.29, 0.717) is 18.3 Å². The average Bonchev–Trinajstić information content (AvgIpc) is 2.77. The molecular weight excluding hydrogens is 294 g/mol. The number of hydrogen-bond acceptors (Lipinski definition) is 5. The van der Waals surface area contributed by atoms with E-state index in [0.717, 1.165) is 5.69 Å². The number of benzene rings is 1. The molecule has 1 aliphatic rings. The maximum atomic E-state index is 12.5. The second-order valence-corrected chi connectivity index (χ2v) is 5.82. The Bertz CT molecular complexity index is 584. The summed E-state index contributed by atoms with van der Waals surface area (Å²) < 4.78 is 4.95. The Morgan fingerprint density at radius 2 is 2.04 bits per heavy atom. The van der Waals surface area contributed by atoms with Gasteiger partial charge in [0.25, 0.3) is 5.91 Å². The van der Waals surface area contributed by atoms with Crippen LogP contribution in [0.25, 0.3) is 0 Å². The van der Waals surface area contributed by atoms with Gasteiger partial charge in [0, 0.05) is 5.69 Å². The third-order valence-electron chi connectivity index (χ3n) is 3.40. The number of aliphatic imine (C=N–C) groups is 1. The molecule has 0 radical (unpaired) electrons. The number of carbonyl (C=O) groups excluding carboxylic acids is 2. The van der Waals surface area contributed by atoms with Crippen molar-refractivity contribution in [2.24, 2.45) is 10.9 Å². The van der Waals surface area contributed by atoms with Gasteiger partial charge in [0.15, 0.2) is 0 Å². The highest BCUT2D eigenvalue weighted by Gasteiger charge is 2.36. The number of para-hydroxylation sites is 1. The predicted molar refractivity (Wildman–Crippen MR) is 89.1 cm³/mol. The molecule has 6 nitrogen and oxygen atoms in total. The summed E-state index contributed by atoms with van der Waals surface area (Å²) in [7, 11) is 0. The fourth-order valence-corrected chi connectivity index (χ4v) is 2.40. The van der Waals surface area contributed by atoms with Crippen LogP contribution in [0, 0.1) is 5.92 Å². The van der Waals surface area contributed by atoms with Crippen LogP contribution in [0.1, 0.15) is 27.2 Å². The van der Waals surface area contributed by atoms with Crippen molar-refractivity contribution in [3.63, 3.8) is 0 Å². The van der Waals surface area contributed by atoms with E-state index in [1.807, 2.05) is 44.2 Å². The van der Waals surface area contributed by atoms with Crippen LogP contribution in [0.3, 0.4) is 0 Å². The molecule has 0 fully saturated rings. The molecule has 6 heteroatoms. The first-order valence-corrected chi connectivity index (χ1v) is 7.88. The standard InChI is InChI=1S/C17H23N3O3/c1-4-23-15(21)11-20-16(22)14(10-12(2)3)19-17(20)18-13-8-6-5-7-9-13/h5-9,12,14H,4,10-11H2,1-3H3,(H,18,19). The first kappa shape index (κ1) is 17.0. The minimum Gasteiger partial charge on any atom is -0.465 e. The maximum Gasteiger partial charge on any atom is 0.326 e. The summed E-state index contributed by atoms with van der Waals surface area (Å²) >= 11 is 0. The fourth-order valence-electron chi connectivity index (χ4n) is 2.40. The Kier molecular flexibility index (Phi) is 5.73. The first-order valence-electron chi connectivity index (χ1n) is 7.88. The molecule has 0 saturated heterocycles. The number of guanidine groups is 1. The smallest absolute Gasteiger partial charge is 0.326 e. The normalized spacial score (nSPS) is 17.4. The van der Waals surface area contributed by atoms with Gasteiger partial charge in [-0.2, -0.15) is 0 Å². The van der Waals surface area contributed by atoms with E-state index in [1.54, 1.807) is 6.92 Å². The van der Waals surface area contributed by atoms with Crippen LogP contribution in [-0.4, -0.2) is 41.9 Å². The van der Waals surface area contributed by atoms with E-state index in [-0.39, 0.29) is 19.1 Å². The Labute approximate surface area is 136 Å². The molecule has 23 heavy (non-hydrogen) atoms. The second-order valence-electron chi connectivity index (χ2n) is 5.82. The number of nitrogens with zero attached hydrogens (tertiary/aromatic N) is 2. The summed E-state index contributed by atoms with van der Waals surface area (Å²) in [5.74, 6) is 0.145. The summed E-state index contributed by atoms with van der Waals surface area (Å²) in [4.78, 5) is 30.2. The highest BCUT2D eigenvalue weighted by atomic mass is 16.5. The van der Waals surface area contributed by atoms with E-state index in [2.05, 4.69) is 10.3 Å². The monoisotopic (exact) mass is 317 g/mol. The van der Waals surface area contributed by atoms with E-state index >= 15 is 0 Å². The van der Waals surface area contributed by atoms with Crippen molar-refractivity contribution in [1.29, 1.82) is 0 Å². The van der Waals surface area contributed by atoms with Crippen molar-refractivity contribution in [3.05, 3.63) is 30.3 Å². The quantitative estimate of drug-likeness (QED) is 0.817. The summed E-state index contributed by atoms with van der Waals surface area (Å²) in [5.41, 5.74) is 0.818. The van der Waals surface area contributed by atoms with Gasteiger partial charge in [-0.05, 0) is 31.4 Å². The predicted octanol–water partition coefficient (Wildman–Crippen LogP) is 2.27. The summed E-state index contributed by atoms with van der Waals surface area (Å²) in [6, 6.07) is 9.00. The lowest BCUT2D eigenvalue weighted by Crippen LogP contribution is -2.42. The lowest BCUT2D eigenvalue weighted by molar-refractivity contribution is -0.146. The van der Waals surface area contributed by atoms with E-state index in [4.69, 9.17) is 4.74 Å². The van der Waals surface area contributed by atoms with Crippen molar-refractivity contribution in [2.75, 3.05) is 18.5 Å². The first-order chi connectivity index (χ1) is 11.0. The third kappa shape index (κ3) is 4.55. The van der Waals surface area contributed by atoms with Gasteiger partial charge in [0.2, 0.25) is 5.96 Å². The van der Waals surface area contributed by atoms with Crippen LogP contribution in [0.4, 0.5) is 5.69 Å². The topological polar surface area (TPSA) is 71.0 Å². The summed E-state index contributed by atoms with van der Waals surface area (Å²) in [6.07, 6.45) is 0.651. The fraction of sp³-hybridized carbons (Fsp3) is 0.471. The molecule has 1 unspecified atom stereocenters. The van der Waals surface area contributed by atoms with Crippen LogP contribution in [0.5, 0.6) is 0 Å². The Morgan fingerprint density at radius 3 is 2.65 bits per heavy atom. The molecule has 0 bridgehead atoms. The van der Waals surface area contributed by atoms with E-state index < -0.39 is 12.0 Å². The lowest BCUT2D eigenvalue weighted by Gasteiger charge is -2.19. The Morgan fingerprint density at radius 1 is 1.35 bits per heavy atom. The van der Waals surface area contributed by atoms with Gasteiger partial charge < -0.3 is 10.1 Å². The van der Waals surface area contributed by atoms with Crippen molar-refractivity contribution in [2.45, 2.75) is 33.2 Å². The Hall–Kier alpha value is -2.37. The van der Waals surface area contributed by atoms with Crippen molar-refractivity contribution < 1.29 is 14.3 Å². The highest BCUT2D eigenvalue weighted by Crippen LogP contribution is 2.19. The Balaban J connectivity index is 2.17. The van der Waals surface area contributed by atoms with Crippen LogP contribution >= 0.6 is 0 Å². The van der Waals surface area contributed by atoms with Crippen LogP contribution in [0.2, 0.25) is 0 Å². The van der Waals surface area contributed by atoms with Gasteiger partial charge in [0.05, 0.1) is 6.61 Å². The molecule has 1 amide bonds. The van der Waals surface area contributed by atoms with E-state index in [9.17, 15) is 9.59 Å². The minimum absolute atomic E-state index is 0.125. The molecule has 0 spiro atoms. The SMILES string of the molecule is CCOC(=O)CN1C(=O)C(CC(C)C)N=C1Nc1ccccc1. The van der Waals surface area contributed by atoms with Gasteiger partial charge in [-0.25, -0.2) is 4.99 Å². The zero-order valence-electron chi connectivity index (χ0n) is 13.8. The molecule has 0 aromatic heterocycles.